The topological polar surface area (TPSA) is 95.9 Å². The Balaban J connectivity index is 3.27. The van der Waals surface area contributed by atoms with Crippen LogP contribution in [0, 0.1) is 0 Å². The molecule has 0 spiro atoms. The summed E-state index contributed by atoms with van der Waals surface area (Å²) in [6.45, 7) is 4.95. The number of rotatable bonds is 75. The fraction of sp³-hybridized carbons (Fsp3) is 0.949. The molecule has 0 fully saturated rings. The molecule has 1 amide bonds. The molecule has 6 heteroatoms. The van der Waals surface area contributed by atoms with Gasteiger partial charge in [-0.2, -0.15) is 0 Å². The summed E-state index contributed by atoms with van der Waals surface area (Å²) in [6, 6.07) is -0.622. The van der Waals surface area contributed by atoms with Gasteiger partial charge in [0, 0.05) is 12.8 Å². The van der Waals surface area contributed by atoms with E-state index in [1.807, 2.05) is 6.08 Å². The van der Waals surface area contributed by atoms with Crippen LogP contribution in [0.5, 0.6) is 0 Å². The monoisotopic (exact) mass is 1200 g/mol. The Morgan fingerprint density at radius 1 is 0.318 bits per heavy atom. The molecule has 0 aromatic carbocycles. The summed E-state index contributed by atoms with van der Waals surface area (Å²) in [5.41, 5.74) is 0. The van der Waals surface area contributed by atoms with Crippen LogP contribution in [0.4, 0.5) is 0 Å². The van der Waals surface area contributed by atoms with Gasteiger partial charge in [0.1, 0.15) is 0 Å². The Morgan fingerprint density at radius 3 is 0.800 bits per heavy atom. The van der Waals surface area contributed by atoms with Gasteiger partial charge in [-0.3, -0.25) is 9.59 Å². The van der Waals surface area contributed by atoms with Crippen molar-refractivity contribution >= 4 is 11.9 Å². The van der Waals surface area contributed by atoms with Gasteiger partial charge in [-0.25, -0.2) is 0 Å². The van der Waals surface area contributed by atoms with Gasteiger partial charge in [-0.15, -0.1) is 0 Å². The summed E-state index contributed by atoms with van der Waals surface area (Å²) >= 11 is 0. The van der Waals surface area contributed by atoms with Crippen LogP contribution >= 0.6 is 0 Å². The molecule has 0 radical (unpaired) electrons. The van der Waals surface area contributed by atoms with Crippen molar-refractivity contribution in [1.29, 1.82) is 0 Å². The van der Waals surface area contributed by atoms with Crippen molar-refractivity contribution in [3.05, 3.63) is 12.2 Å². The maximum Gasteiger partial charge on any atom is 0.305 e. The number of unbranched alkanes of at least 4 members (excludes halogenated alkanes) is 64. The summed E-state index contributed by atoms with van der Waals surface area (Å²) in [5.74, 6) is -0.0313. The number of carbonyl (C=O) groups is 2. The molecule has 0 bridgehead atoms. The molecule has 0 rings (SSSR count). The third-order valence-electron chi connectivity index (χ3n) is 18.8. The van der Waals surface area contributed by atoms with Gasteiger partial charge >= 0.3 is 5.97 Å². The molecule has 0 heterocycles. The molecular formula is C79H155NO5. The molecule has 85 heavy (non-hydrogen) atoms. The average molecular weight is 1200 g/mol. The zero-order valence-corrected chi connectivity index (χ0v) is 58.1. The van der Waals surface area contributed by atoms with Gasteiger partial charge in [-0.05, 0) is 32.1 Å². The molecule has 3 N–H and O–H groups in total. The quantitative estimate of drug-likeness (QED) is 0.0320. The average Bonchev–Trinajstić information content (AvgIpc) is 3.51. The highest BCUT2D eigenvalue weighted by Gasteiger charge is 2.18. The van der Waals surface area contributed by atoms with Gasteiger partial charge in [0.15, 0.2) is 0 Å². The van der Waals surface area contributed by atoms with Crippen LogP contribution in [0.3, 0.4) is 0 Å². The second kappa shape index (κ2) is 75.1. The molecule has 0 aliphatic carbocycles. The van der Waals surface area contributed by atoms with Crippen LogP contribution in [0.15, 0.2) is 12.2 Å². The molecule has 2 unspecified atom stereocenters. The molecule has 2 atom stereocenters. The predicted octanol–water partition coefficient (Wildman–Crippen LogP) is 25.9. The molecule has 0 aromatic rings. The van der Waals surface area contributed by atoms with Gasteiger partial charge < -0.3 is 20.3 Å². The zero-order valence-electron chi connectivity index (χ0n) is 58.1. The first kappa shape index (κ1) is 83.6. The maximum atomic E-state index is 12.5. The molecular weight excluding hydrogens is 1040 g/mol. The fourth-order valence-corrected chi connectivity index (χ4v) is 12.8. The van der Waals surface area contributed by atoms with E-state index in [0.29, 0.717) is 19.4 Å². The Hall–Kier alpha value is -1.40. The minimum absolute atomic E-state index is 0.0291. The number of aliphatic hydroxyl groups is 2. The number of amides is 1. The number of carbonyl (C=O) groups excluding carboxylic acids is 2. The van der Waals surface area contributed by atoms with Gasteiger partial charge in [-0.1, -0.05) is 424 Å². The lowest BCUT2D eigenvalue weighted by atomic mass is 10.0. The van der Waals surface area contributed by atoms with Crippen LogP contribution in [-0.4, -0.2) is 47.4 Å². The first-order chi connectivity index (χ1) is 42.0. The first-order valence-corrected chi connectivity index (χ1v) is 39.5. The molecule has 0 saturated heterocycles. The molecule has 6 nitrogen and oxygen atoms in total. The van der Waals surface area contributed by atoms with E-state index in [4.69, 9.17) is 4.74 Å². The summed E-state index contributed by atoms with van der Waals surface area (Å²) in [6.07, 6.45) is 95.0. The van der Waals surface area contributed by atoms with E-state index in [-0.39, 0.29) is 18.5 Å². The Kier molecular flexibility index (Phi) is 73.8. The number of aliphatic hydroxyl groups excluding tert-OH is 2. The Morgan fingerprint density at radius 2 is 0.541 bits per heavy atom. The summed E-state index contributed by atoms with van der Waals surface area (Å²) in [4.78, 5) is 24.6. The smallest absolute Gasteiger partial charge is 0.305 e. The van der Waals surface area contributed by atoms with E-state index in [2.05, 4.69) is 19.2 Å². The largest absolute Gasteiger partial charge is 0.466 e. The lowest BCUT2D eigenvalue weighted by Gasteiger charge is -2.20. The van der Waals surface area contributed by atoms with E-state index < -0.39 is 12.1 Å². The van der Waals surface area contributed by atoms with Crippen LogP contribution in [-0.2, 0) is 14.3 Å². The third kappa shape index (κ3) is 71.6. The van der Waals surface area contributed by atoms with Crippen molar-refractivity contribution in [2.75, 3.05) is 13.2 Å². The lowest BCUT2D eigenvalue weighted by Crippen LogP contribution is -2.45. The molecule has 0 saturated carbocycles. The highest BCUT2D eigenvalue weighted by atomic mass is 16.5. The third-order valence-corrected chi connectivity index (χ3v) is 18.8. The first-order valence-electron chi connectivity index (χ1n) is 39.5. The summed E-state index contributed by atoms with van der Waals surface area (Å²) in [7, 11) is 0. The standard InChI is InChI=1S/C79H155NO5/c1-3-5-7-9-11-13-15-17-18-19-39-43-46-49-53-57-61-65-69-73-79(84)85-74-70-66-62-58-54-50-47-44-41-38-36-34-32-30-28-26-24-22-20-21-23-25-27-29-31-33-35-37-40-42-45-48-52-56-60-64-68-72-78(83)80-76(75-81)77(82)71-67-63-59-55-51-16-14-12-10-8-6-4-2/h67,71,76-77,81-82H,3-66,68-70,72-75H2,1-2H3,(H,80,83)/b71-67+. The predicted molar refractivity (Wildman–Crippen MR) is 375 cm³/mol. The Bertz CT molecular complexity index is 1290. The summed E-state index contributed by atoms with van der Waals surface area (Å²) in [5, 5.41) is 23.1. The van der Waals surface area contributed by atoms with Crippen LogP contribution in [0.2, 0.25) is 0 Å². The van der Waals surface area contributed by atoms with Gasteiger partial charge in [0.2, 0.25) is 5.91 Å². The zero-order chi connectivity index (χ0) is 61.3. The van der Waals surface area contributed by atoms with Crippen molar-refractivity contribution in [3.63, 3.8) is 0 Å². The number of esters is 1. The highest BCUT2D eigenvalue weighted by Crippen LogP contribution is 2.20. The number of hydrogen-bond donors (Lipinski definition) is 3. The van der Waals surface area contributed by atoms with Crippen LogP contribution in [0.25, 0.3) is 0 Å². The van der Waals surface area contributed by atoms with Crippen molar-refractivity contribution in [3.8, 4) is 0 Å². The summed E-state index contributed by atoms with van der Waals surface area (Å²) < 4.78 is 5.52. The van der Waals surface area contributed by atoms with Crippen molar-refractivity contribution in [1.82, 2.24) is 5.32 Å². The number of nitrogens with one attached hydrogen (secondary N) is 1. The van der Waals surface area contributed by atoms with Gasteiger partial charge in [0.25, 0.3) is 0 Å². The molecule has 506 valence electrons. The minimum atomic E-state index is -0.838. The number of allylic oxidation sites excluding steroid dienone is 1. The number of hydrogen-bond acceptors (Lipinski definition) is 5. The minimum Gasteiger partial charge on any atom is -0.466 e. The van der Waals surface area contributed by atoms with Crippen molar-refractivity contribution in [2.24, 2.45) is 0 Å². The van der Waals surface area contributed by atoms with E-state index in [9.17, 15) is 19.8 Å². The molecule has 0 aliphatic rings. The molecule has 0 aromatic heterocycles. The second-order valence-corrected chi connectivity index (χ2v) is 27.4. The number of ether oxygens (including phenoxy) is 1. The van der Waals surface area contributed by atoms with E-state index in [1.165, 1.54) is 392 Å². The second-order valence-electron chi connectivity index (χ2n) is 27.4. The maximum absolute atomic E-state index is 12.5. The lowest BCUT2D eigenvalue weighted by molar-refractivity contribution is -0.143. The van der Waals surface area contributed by atoms with E-state index in [0.717, 1.165) is 38.5 Å². The SMILES string of the molecule is CCCCCCCCCCCC/C=C/C(O)C(CO)NC(=O)CCCCCCCCCCCCCCCCCCCCCCCCCCCCCCCCCCCCCCCOC(=O)CCCCCCCCCCCCCCCCCCCCC. The van der Waals surface area contributed by atoms with Crippen molar-refractivity contribution in [2.45, 2.75) is 469 Å². The van der Waals surface area contributed by atoms with Crippen LogP contribution in [0.1, 0.15) is 457 Å². The Labute approximate surface area is 533 Å². The fourth-order valence-electron chi connectivity index (χ4n) is 12.8. The van der Waals surface area contributed by atoms with E-state index >= 15 is 0 Å². The van der Waals surface area contributed by atoms with E-state index in [1.54, 1.807) is 6.08 Å². The van der Waals surface area contributed by atoms with Crippen LogP contribution < -0.4 is 5.32 Å². The highest BCUT2D eigenvalue weighted by molar-refractivity contribution is 5.76. The van der Waals surface area contributed by atoms with Gasteiger partial charge in [0.05, 0.1) is 25.4 Å². The van der Waals surface area contributed by atoms with Crippen molar-refractivity contribution < 1.29 is 24.5 Å². The normalized spacial score (nSPS) is 12.5. The molecule has 0 aliphatic heterocycles.